The molecule has 0 saturated carbocycles. The summed E-state index contributed by atoms with van der Waals surface area (Å²) in [6.07, 6.45) is 0. The highest BCUT2D eigenvalue weighted by Gasteiger charge is 2.20. The van der Waals surface area contributed by atoms with Gasteiger partial charge in [-0.25, -0.2) is 17.6 Å². The molecule has 5 nitrogen and oxygen atoms in total. The number of carboxylic acids is 1. The number of sulfone groups is 1. The molecule has 2 aromatic carbocycles. The van der Waals surface area contributed by atoms with Crippen LogP contribution in [0.3, 0.4) is 0 Å². The minimum atomic E-state index is -3.59. The lowest BCUT2D eigenvalue weighted by Gasteiger charge is -2.13. The van der Waals surface area contributed by atoms with Crippen LogP contribution in [0.5, 0.6) is 5.75 Å². The maximum atomic E-state index is 14.4. The SMILES string of the molecule is CC(C)CS(=O)(=O)c1ccc(F)c(-c2cc(Cl)ccc2OCC(=O)O)c1. The number of carbonyl (C=O) groups is 1. The normalized spacial score (nSPS) is 11.6. The molecule has 0 aliphatic rings. The third-order valence-corrected chi connectivity index (χ3v) is 5.75. The molecular weight excluding hydrogens is 383 g/mol. The van der Waals surface area contributed by atoms with Crippen molar-refractivity contribution in [3.05, 3.63) is 47.2 Å². The van der Waals surface area contributed by atoms with Gasteiger partial charge in [-0.3, -0.25) is 0 Å². The highest BCUT2D eigenvalue weighted by atomic mass is 35.5. The van der Waals surface area contributed by atoms with Gasteiger partial charge < -0.3 is 9.84 Å². The van der Waals surface area contributed by atoms with E-state index in [0.29, 0.717) is 0 Å². The number of hydrogen-bond acceptors (Lipinski definition) is 4. The van der Waals surface area contributed by atoms with Crippen molar-refractivity contribution in [1.29, 1.82) is 0 Å². The number of benzene rings is 2. The van der Waals surface area contributed by atoms with Crippen molar-refractivity contribution in [2.45, 2.75) is 18.7 Å². The van der Waals surface area contributed by atoms with Gasteiger partial charge in [-0.15, -0.1) is 0 Å². The van der Waals surface area contributed by atoms with Crippen molar-refractivity contribution in [1.82, 2.24) is 0 Å². The van der Waals surface area contributed by atoms with Crippen LogP contribution in [0.4, 0.5) is 4.39 Å². The van der Waals surface area contributed by atoms with Gasteiger partial charge in [0.05, 0.1) is 10.6 Å². The minimum absolute atomic E-state index is 0.0215. The number of rotatable bonds is 7. The zero-order valence-corrected chi connectivity index (χ0v) is 15.8. The molecular formula is C18H18ClFO5S. The second-order valence-corrected chi connectivity index (χ2v) is 8.61. The van der Waals surface area contributed by atoms with Crippen molar-refractivity contribution < 1.29 is 27.4 Å². The third-order valence-electron chi connectivity index (χ3n) is 3.43. The summed E-state index contributed by atoms with van der Waals surface area (Å²) < 4.78 is 44.5. The molecule has 0 aromatic heterocycles. The maximum Gasteiger partial charge on any atom is 0.341 e. The molecule has 140 valence electrons. The number of ether oxygens (including phenoxy) is 1. The van der Waals surface area contributed by atoms with Gasteiger partial charge in [0.1, 0.15) is 11.6 Å². The number of aliphatic carboxylic acids is 1. The van der Waals surface area contributed by atoms with E-state index >= 15 is 0 Å². The van der Waals surface area contributed by atoms with Crippen LogP contribution in [0.2, 0.25) is 5.02 Å². The van der Waals surface area contributed by atoms with E-state index in [-0.39, 0.29) is 38.5 Å². The van der Waals surface area contributed by atoms with Crippen molar-refractivity contribution in [3.8, 4) is 16.9 Å². The Labute approximate surface area is 156 Å². The first-order valence-corrected chi connectivity index (χ1v) is 9.80. The number of carboxylic acid groups (broad SMARTS) is 1. The molecule has 1 N–H and O–H groups in total. The van der Waals surface area contributed by atoms with Crippen molar-refractivity contribution in [2.75, 3.05) is 12.4 Å². The first kappa shape index (κ1) is 20.2. The van der Waals surface area contributed by atoms with Crippen LogP contribution in [0.15, 0.2) is 41.3 Å². The van der Waals surface area contributed by atoms with E-state index in [1.54, 1.807) is 13.8 Å². The monoisotopic (exact) mass is 400 g/mol. The average Bonchev–Trinajstić information content (AvgIpc) is 2.52. The maximum absolute atomic E-state index is 14.4. The highest BCUT2D eigenvalue weighted by molar-refractivity contribution is 7.91. The Morgan fingerprint density at radius 2 is 1.88 bits per heavy atom. The molecule has 2 aromatic rings. The molecule has 0 heterocycles. The summed E-state index contributed by atoms with van der Waals surface area (Å²) in [5.41, 5.74) is 0.149. The first-order valence-electron chi connectivity index (χ1n) is 7.77. The van der Waals surface area contributed by atoms with Crippen molar-refractivity contribution in [2.24, 2.45) is 5.92 Å². The Bertz CT molecular complexity index is 925. The van der Waals surface area contributed by atoms with Crippen LogP contribution in [-0.4, -0.2) is 31.9 Å². The summed E-state index contributed by atoms with van der Waals surface area (Å²) in [5.74, 6) is -1.94. The van der Waals surface area contributed by atoms with E-state index in [1.807, 2.05) is 0 Å². The van der Waals surface area contributed by atoms with E-state index in [1.165, 1.54) is 30.3 Å². The van der Waals surface area contributed by atoms with Gasteiger partial charge in [0.25, 0.3) is 0 Å². The van der Waals surface area contributed by atoms with Crippen LogP contribution in [0.1, 0.15) is 13.8 Å². The molecule has 0 amide bonds. The second-order valence-electron chi connectivity index (χ2n) is 6.14. The molecule has 0 aliphatic heterocycles. The molecule has 0 atom stereocenters. The Morgan fingerprint density at radius 1 is 1.19 bits per heavy atom. The fraction of sp³-hybridized carbons (Fsp3) is 0.278. The smallest absolute Gasteiger partial charge is 0.341 e. The summed E-state index contributed by atoms with van der Waals surface area (Å²) in [6.45, 7) is 2.93. The van der Waals surface area contributed by atoms with Gasteiger partial charge in [-0.05, 0) is 42.3 Å². The largest absolute Gasteiger partial charge is 0.481 e. The lowest BCUT2D eigenvalue weighted by atomic mass is 10.0. The molecule has 0 radical (unpaired) electrons. The standard InChI is InChI=1S/C18H18ClFO5S/c1-11(2)10-26(23,24)13-4-5-16(20)14(8-13)15-7-12(19)3-6-17(15)25-9-18(21)22/h3-8,11H,9-10H2,1-2H3,(H,21,22). The molecule has 2 rings (SSSR count). The third kappa shape index (κ3) is 4.95. The summed E-state index contributed by atoms with van der Waals surface area (Å²) in [6, 6.07) is 7.76. The molecule has 0 saturated heterocycles. The number of halogens is 2. The molecule has 0 unspecified atom stereocenters. The highest BCUT2D eigenvalue weighted by Crippen LogP contribution is 2.35. The van der Waals surface area contributed by atoms with E-state index in [9.17, 15) is 17.6 Å². The molecule has 0 spiro atoms. The lowest BCUT2D eigenvalue weighted by molar-refractivity contribution is -0.139. The van der Waals surface area contributed by atoms with Crippen LogP contribution < -0.4 is 4.74 Å². The summed E-state index contributed by atoms with van der Waals surface area (Å²) in [7, 11) is -3.59. The molecule has 0 aliphatic carbocycles. The summed E-state index contributed by atoms with van der Waals surface area (Å²) in [4.78, 5) is 10.7. The molecule has 0 bridgehead atoms. The first-order chi connectivity index (χ1) is 12.1. The minimum Gasteiger partial charge on any atom is -0.481 e. The second kappa shape index (κ2) is 8.05. The fourth-order valence-corrected chi connectivity index (χ4v) is 4.23. The topological polar surface area (TPSA) is 80.7 Å². The molecule has 8 heteroatoms. The van der Waals surface area contributed by atoms with E-state index in [4.69, 9.17) is 21.4 Å². The van der Waals surface area contributed by atoms with Crippen LogP contribution in [-0.2, 0) is 14.6 Å². The predicted octanol–water partition coefficient (Wildman–Crippen LogP) is 4.04. The quantitative estimate of drug-likeness (QED) is 0.709. The van der Waals surface area contributed by atoms with Gasteiger partial charge in [0, 0.05) is 16.1 Å². The van der Waals surface area contributed by atoms with Gasteiger partial charge in [-0.2, -0.15) is 0 Å². The van der Waals surface area contributed by atoms with Crippen LogP contribution in [0.25, 0.3) is 11.1 Å². The van der Waals surface area contributed by atoms with Crippen molar-refractivity contribution in [3.63, 3.8) is 0 Å². The van der Waals surface area contributed by atoms with E-state index < -0.39 is 28.2 Å². The molecule has 0 fully saturated rings. The Morgan fingerprint density at radius 3 is 2.50 bits per heavy atom. The Balaban J connectivity index is 2.56. The number of hydrogen-bond donors (Lipinski definition) is 1. The van der Waals surface area contributed by atoms with Gasteiger partial charge >= 0.3 is 5.97 Å². The summed E-state index contributed by atoms with van der Waals surface area (Å²) in [5, 5.41) is 9.05. The predicted molar refractivity (Wildman–Crippen MR) is 96.9 cm³/mol. The van der Waals surface area contributed by atoms with Crippen LogP contribution in [0, 0.1) is 11.7 Å². The zero-order chi connectivity index (χ0) is 19.5. The van der Waals surface area contributed by atoms with Crippen LogP contribution >= 0.6 is 11.6 Å². The Kier molecular flexibility index (Phi) is 6.26. The van der Waals surface area contributed by atoms with E-state index in [2.05, 4.69) is 0 Å². The summed E-state index contributed by atoms with van der Waals surface area (Å²) >= 11 is 5.97. The van der Waals surface area contributed by atoms with Gasteiger partial charge in [-0.1, -0.05) is 25.4 Å². The molecule has 26 heavy (non-hydrogen) atoms. The van der Waals surface area contributed by atoms with E-state index in [0.717, 1.165) is 6.07 Å². The fourth-order valence-electron chi connectivity index (χ4n) is 2.42. The lowest BCUT2D eigenvalue weighted by Crippen LogP contribution is -2.12. The zero-order valence-electron chi connectivity index (χ0n) is 14.2. The van der Waals surface area contributed by atoms with Gasteiger partial charge in [0.15, 0.2) is 16.4 Å². The Hall–Kier alpha value is -2.12. The van der Waals surface area contributed by atoms with Crippen molar-refractivity contribution >= 4 is 27.4 Å². The van der Waals surface area contributed by atoms with Gasteiger partial charge in [0.2, 0.25) is 0 Å². The average molecular weight is 401 g/mol.